The summed E-state index contributed by atoms with van der Waals surface area (Å²) in [4.78, 5) is 0.261. The normalized spacial score (nSPS) is 13.0. The van der Waals surface area contributed by atoms with Gasteiger partial charge in [0.05, 0.1) is 11.0 Å². The van der Waals surface area contributed by atoms with Crippen molar-refractivity contribution in [3.8, 4) is 0 Å². The van der Waals surface area contributed by atoms with Crippen LogP contribution in [0.4, 0.5) is 0 Å². The van der Waals surface area contributed by atoms with Gasteiger partial charge in [0.2, 0.25) is 0 Å². The standard InChI is InChI=1S/C24H42O3S/c1-5-6-7-8-9-10-11-12-13-14-15-16-17-23(4)27-28(25,26)24-19-18-21(2)22(3)20-24/h18-20,23H,5-17H2,1-4H3. The maximum absolute atomic E-state index is 12.4. The van der Waals surface area contributed by atoms with Crippen LogP contribution >= 0.6 is 0 Å². The van der Waals surface area contributed by atoms with Gasteiger partial charge in [-0.3, -0.25) is 4.18 Å². The Hall–Kier alpha value is -0.870. The zero-order chi connectivity index (χ0) is 20.8. The van der Waals surface area contributed by atoms with E-state index in [1.54, 1.807) is 12.1 Å². The predicted molar refractivity (Wildman–Crippen MR) is 119 cm³/mol. The SMILES string of the molecule is CCCCCCCCCCCCCCC(C)OS(=O)(=O)c1ccc(C)c(C)c1. The lowest BCUT2D eigenvalue weighted by Gasteiger charge is -2.14. The molecule has 0 bridgehead atoms. The minimum absolute atomic E-state index is 0.261. The molecule has 0 aliphatic heterocycles. The van der Waals surface area contributed by atoms with Crippen molar-refractivity contribution in [1.82, 2.24) is 0 Å². The molecular weight excluding hydrogens is 368 g/mol. The Labute approximate surface area is 174 Å². The van der Waals surface area contributed by atoms with Crippen LogP contribution < -0.4 is 0 Å². The molecule has 0 radical (unpaired) electrons. The molecule has 1 atom stereocenters. The van der Waals surface area contributed by atoms with Crippen molar-refractivity contribution in [2.75, 3.05) is 0 Å². The van der Waals surface area contributed by atoms with Gasteiger partial charge in [0.25, 0.3) is 10.1 Å². The average Bonchev–Trinajstić information content (AvgIpc) is 2.64. The fraction of sp³-hybridized carbons (Fsp3) is 0.750. The van der Waals surface area contributed by atoms with Gasteiger partial charge in [0.1, 0.15) is 0 Å². The van der Waals surface area contributed by atoms with Crippen molar-refractivity contribution < 1.29 is 12.6 Å². The van der Waals surface area contributed by atoms with E-state index in [4.69, 9.17) is 4.18 Å². The van der Waals surface area contributed by atoms with Gasteiger partial charge in [-0.2, -0.15) is 8.42 Å². The van der Waals surface area contributed by atoms with Crippen LogP contribution in [0.3, 0.4) is 0 Å². The molecule has 4 heteroatoms. The van der Waals surface area contributed by atoms with Crippen molar-refractivity contribution >= 4 is 10.1 Å². The van der Waals surface area contributed by atoms with Gasteiger partial charge >= 0.3 is 0 Å². The third-order valence-corrected chi connectivity index (χ3v) is 6.94. The Morgan fingerprint density at radius 2 is 1.29 bits per heavy atom. The van der Waals surface area contributed by atoms with Gasteiger partial charge in [0.15, 0.2) is 0 Å². The summed E-state index contributed by atoms with van der Waals surface area (Å²) in [7, 11) is -3.67. The molecule has 0 aliphatic carbocycles. The van der Waals surface area contributed by atoms with E-state index in [1.165, 1.54) is 64.2 Å². The maximum atomic E-state index is 12.4. The topological polar surface area (TPSA) is 43.4 Å². The molecule has 0 aliphatic rings. The first-order chi connectivity index (χ1) is 13.4. The number of hydrogen-bond acceptors (Lipinski definition) is 3. The molecule has 1 aromatic rings. The molecule has 0 aromatic heterocycles. The molecule has 0 heterocycles. The summed E-state index contributed by atoms with van der Waals surface area (Å²) in [6.07, 6.45) is 16.2. The molecule has 0 amide bonds. The van der Waals surface area contributed by atoms with E-state index in [9.17, 15) is 8.42 Å². The number of unbranched alkanes of at least 4 members (excludes halogenated alkanes) is 11. The molecule has 1 rings (SSSR count). The number of hydrogen-bond donors (Lipinski definition) is 0. The predicted octanol–water partition coefficient (Wildman–Crippen LogP) is 7.49. The lowest BCUT2D eigenvalue weighted by Crippen LogP contribution is -2.15. The summed E-state index contributed by atoms with van der Waals surface area (Å²) >= 11 is 0. The molecule has 28 heavy (non-hydrogen) atoms. The Kier molecular flexibility index (Phi) is 12.7. The van der Waals surface area contributed by atoms with Gasteiger partial charge < -0.3 is 0 Å². The van der Waals surface area contributed by atoms with Crippen molar-refractivity contribution in [1.29, 1.82) is 0 Å². The van der Waals surface area contributed by atoms with E-state index in [2.05, 4.69) is 6.92 Å². The number of rotatable bonds is 16. The van der Waals surface area contributed by atoms with Crippen molar-refractivity contribution in [2.45, 2.75) is 122 Å². The van der Waals surface area contributed by atoms with Crippen LogP contribution in [0.1, 0.15) is 108 Å². The second kappa shape index (κ2) is 14.2. The summed E-state index contributed by atoms with van der Waals surface area (Å²) < 4.78 is 30.2. The van der Waals surface area contributed by atoms with Crippen molar-refractivity contribution in [3.05, 3.63) is 29.3 Å². The van der Waals surface area contributed by atoms with E-state index in [0.29, 0.717) is 0 Å². The van der Waals surface area contributed by atoms with Gasteiger partial charge in [-0.25, -0.2) is 0 Å². The molecule has 3 nitrogen and oxygen atoms in total. The summed E-state index contributed by atoms with van der Waals surface area (Å²) in [5.74, 6) is 0. The first-order valence-electron chi connectivity index (χ1n) is 11.4. The first kappa shape index (κ1) is 25.2. The lowest BCUT2D eigenvalue weighted by molar-refractivity contribution is 0.213. The van der Waals surface area contributed by atoms with Crippen LogP contribution in [0.5, 0.6) is 0 Å². The molecule has 0 spiro atoms. The maximum Gasteiger partial charge on any atom is 0.297 e. The first-order valence-corrected chi connectivity index (χ1v) is 12.8. The highest BCUT2D eigenvalue weighted by Gasteiger charge is 2.19. The molecule has 0 N–H and O–H groups in total. The molecule has 1 unspecified atom stereocenters. The minimum Gasteiger partial charge on any atom is -0.263 e. The van der Waals surface area contributed by atoms with Gasteiger partial charge in [-0.05, 0) is 50.5 Å². The summed E-state index contributed by atoms with van der Waals surface area (Å²) in [6.45, 7) is 8.01. The fourth-order valence-corrected chi connectivity index (χ4v) is 4.66. The van der Waals surface area contributed by atoms with Crippen LogP contribution in [-0.2, 0) is 14.3 Å². The highest BCUT2D eigenvalue weighted by Crippen LogP contribution is 2.20. The Balaban J connectivity index is 2.10. The second-order valence-corrected chi connectivity index (χ2v) is 9.86. The highest BCUT2D eigenvalue weighted by molar-refractivity contribution is 7.86. The van der Waals surface area contributed by atoms with E-state index in [0.717, 1.165) is 30.4 Å². The summed E-state index contributed by atoms with van der Waals surface area (Å²) in [5.41, 5.74) is 2.06. The summed E-state index contributed by atoms with van der Waals surface area (Å²) in [5, 5.41) is 0. The second-order valence-electron chi connectivity index (χ2n) is 8.28. The molecular formula is C24H42O3S. The Bertz CT molecular complexity index is 637. The zero-order valence-electron chi connectivity index (χ0n) is 18.6. The van der Waals surface area contributed by atoms with Crippen molar-refractivity contribution in [3.63, 3.8) is 0 Å². The third-order valence-electron chi connectivity index (χ3n) is 5.52. The lowest BCUT2D eigenvalue weighted by atomic mass is 10.0. The largest absolute Gasteiger partial charge is 0.297 e. The van der Waals surface area contributed by atoms with Crippen molar-refractivity contribution in [2.24, 2.45) is 0 Å². The van der Waals surface area contributed by atoms with Gasteiger partial charge in [-0.1, -0.05) is 90.0 Å². The minimum atomic E-state index is -3.67. The molecule has 0 saturated heterocycles. The molecule has 0 saturated carbocycles. The average molecular weight is 411 g/mol. The van der Waals surface area contributed by atoms with Gasteiger partial charge in [-0.15, -0.1) is 0 Å². The smallest absolute Gasteiger partial charge is 0.263 e. The summed E-state index contributed by atoms with van der Waals surface area (Å²) in [6, 6.07) is 5.16. The van der Waals surface area contributed by atoms with Gasteiger partial charge in [0, 0.05) is 0 Å². The third kappa shape index (κ3) is 10.6. The van der Waals surface area contributed by atoms with E-state index < -0.39 is 10.1 Å². The van der Waals surface area contributed by atoms with Crippen LogP contribution in [0.2, 0.25) is 0 Å². The van der Waals surface area contributed by atoms with Crippen LogP contribution in [0.25, 0.3) is 0 Å². The highest BCUT2D eigenvalue weighted by atomic mass is 32.2. The van der Waals surface area contributed by atoms with Crippen LogP contribution in [-0.4, -0.2) is 14.5 Å². The van der Waals surface area contributed by atoms with E-state index in [1.807, 2.05) is 26.8 Å². The number of benzene rings is 1. The number of aryl methyl sites for hydroxylation is 2. The molecule has 1 aromatic carbocycles. The van der Waals surface area contributed by atoms with E-state index in [-0.39, 0.29) is 11.0 Å². The monoisotopic (exact) mass is 410 g/mol. The van der Waals surface area contributed by atoms with Crippen LogP contribution in [0, 0.1) is 13.8 Å². The van der Waals surface area contributed by atoms with Crippen LogP contribution in [0.15, 0.2) is 23.1 Å². The Morgan fingerprint density at radius 3 is 1.79 bits per heavy atom. The quantitative estimate of drug-likeness (QED) is 0.209. The van der Waals surface area contributed by atoms with E-state index >= 15 is 0 Å². The molecule has 162 valence electrons. The Morgan fingerprint density at radius 1 is 0.786 bits per heavy atom. The zero-order valence-corrected chi connectivity index (χ0v) is 19.5. The molecule has 0 fully saturated rings. The fourth-order valence-electron chi connectivity index (χ4n) is 3.46.